The van der Waals surface area contributed by atoms with Crippen molar-refractivity contribution in [3.63, 3.8) is 0 Å². The summed E-state index contributed by atoms with van der Waals surface area (Å²) in [7, 11) is -0.0542. The summed E-state index contributed by atoms with van der Waals surface area (Å²) in [6.45, 7) is 0.721. The molecule has 1 aromatic carbocycles. The fraction of sp³-hybridized carbons (Fsp3) is 0.333. The van der Waals surface area contributed by atoms with E-state index in [1.54, 1.807) is 26.4 Å². The predicted molar refractivity (Wildman–Crippen MR) is 118 cm³/mol. The molecule has 1 heterocycles. The minimum Gasteiger partial charge on any atom is -0.481 e. The van der Waals surface area contributed by atoms with Gasteiger partial charge in [0.2, 0.25) is 5.88 Å². The minimum absolute atomic E-state index is 0. The lowest BCUT2D eigenvalue weighted by molar-refractivity contribution is 0.397. The van der Waals surface area contributed by atoms with Gasteiger partial charge in [0.05, 0.1) is 12.9 Å². The van der Waals surface area contributed by atoms with Crippen LogP contribution in [0.15, 0.2) is 41.5 Å². The molecule has 0 aliphatic heterocycles. The highest BCUT2D eigenvalue weighted by Crippen LogP contribution is 2.14. The lowest BCUT2D eigenvalue weighted by atomic mass is 10.1. The van der Waals surface area contributed by atoms with Crippen LogP contribution in [0.25, 0.3) is 0 Å². The van der Waals surface area contributed by atoms with E-state index in [1.807, 2.05) is 6.07 Å². The van der Waals surface area contributed by atoms with E-state index in [0.717, 1.165) is 11.8 Å². The molecule has 0 radical (unpaired) electrons. The van der Waals surface area contributed by atoms with Crippen molar-refractivity contribution in [2.45, 2.75) is 18.8 Å². The fourth-order valence-electron chi connectivity index (χ4n) is 2.40. The molecular formula is C18H24FIN4O3S. The van der Waals surface area contributed by atoms with Crippen LogP contribution in [0.1, 0.15) is 16.7 Å². The van der Waals surface area contributed by atoms with Crippen LogP contribution in [0.5, 0.6) is 5.88 Å². The van der Waals surface area contributed by atoms with Crippen LogP contribution >= 0.6 is 24.0 Å². The first-order valence-corrected chi connectivity index (χ1v) is 10.2. The van der Waals surface area contributed by atoms with Crippen LogP contribution < -0.4 is 15.4 Å². The van der Waals surface area contributed by atoms with Gasteiger partial charge in [0.15, 0.2) is 15.8 Å². The molecule has 7 nitrogen and oxygen atoms in total. The number of sulfone groups is 1. The summed E-state index contributed by atoms with van der Waals surface area (Å²) < 4.78 is 41.7. The van der Waals surface area contributed by atoms with E-state index in [4.69, 9.17) is 4.74 Å². The Labute approximate surface area is 181 Å². The summed E-state index contributed by atoms with van der Waals surface area (Å²) in [6.07, 6.45) is 2.84. The number of ether oxygens (including phenoxy) is 1. The fourth-order valence-corrected chi connectivity index (χ4v) is 3.25. The van der Waals surface area contributed by atoms with E-state index in [-0.39, 0.29) is 36.3 Å². The summed E-state index contributed by atoms with van der Waals surface area (Å²) in [5, 5.41) is 6.19. The van der Waals surface area contributed by atoms with Crippen molar-refractivity contribution in [1.29, 1.82) is 0 Å². The molecule has 0 aliphatic rings. The number of rotatable bonds is 7. The van der Waals surface area contributed by atoms with Crippen molar-refractivity contribution < 1.29 is 17.5 Å². The third-order valence-corrected chi connectivity index (χ3v) is 4.56. The standard InChI is InChI=1S/C18H23FN4O3S.HI/c1-20-18(22-10-13-4-7-17(26-2)21-9-13)23-11-15-8-16(19)6-5-14(15)12-27(3,24)25;/h4-9H,10-12H2,1-3H3,(H2,20,22,23);1H. The third-order valence-electron chi connectivity index (χ3n) is 3.72. The van der Waals surface area contributed by atoms with Gasteiger partial charge in [0.25, 0.3) is 0 Å². The Hall–Kier alpha value is -1.95. The number of hydrogen-bond acceptors (Lipinski definition) is 5. The maximum absolute atomic E-state index is 13.6. The molecular weight excluding hydrogens is 498 g/mol. The van der Waals surface area contributed by atoms with E-state index in [0.29, 0.717) is 29.5 Å². The normalized spacial score (nSPS) is 11.5. The van der Waals surface area contributed by atoms with Crippen molar-refractivity contribution in [3.05, 3.63) is 59.0 Å². The quantitative estimate of drug-likeness (QED) is 0.330. The summed E-state index contributed by atoms with van der Waals surface area (Å²) in [5.74, 6) is 0.468. The third kappa shape index (κ3) is 7.97. The Morgan fingerprint density at radius 3 is 2.46 bits per heavy atom. The maximum Gasteiger partial charge on any atom is 0.212 e. The molecule has 154 valence electrons. The second-order valence-electron chi connectivity index (χ2n) is 5.97. The van der Waals surface area contributed by atoms with Gasteiger partial charge in [-0.25, -0.2) is 17.8 Å². The highest BCUT2D eigenvalue weighted by Gasteiger charge is 2.11. The first-order valence-electron chi connectivity index (χ1n) is 8.19. The molecule has 2 N–H and O–H groups in total. The molecule has 10 heteroatoms. The van der Waals surface area contributed by atoms with Crippen LogP contribution in [-0.2, 0) is 28.7 Å². The van der Waals surface area contributed by atoms with Gasteiger partial charge in [-0.05, 0) is 28.8 Å². The van der Waals surface area contributed by atoms with E-state index in [2.05, 4.69) is 20.6 Å². The maximum atomic E-state index is 13.6. The van der Waals surface area contributed by atoms with Crippen molar-refractivity contribution in [3.8, 4) is 5.88 Å². The zero-order valence-electron chi connectivity index (χ0n) is 15.9. The van der Waals surface area contributed by atoms with Crippen molar-refractivity contribution in [2.75, 3.05) is 20.4 Å². The summed E-state index contributed by atoms with van der Waals surface area (Å²) in [4.78, 5) is 8.24. The first-order chi connectivity index (χ1) is 12.8. The molecule has 0 saturated heterocycles. The number of aromatic nitrogens is 1. The lowest BCUT2D eigenvalue weighted by Crippen LogP contribution is -2.36. The second-order valence-corrected chi connectivity index (χ2v) is 8.11. The van der Waals surface area contributed by atoms with E-state index in [1.165, 1.54) is 18.2 Å². The van der Waals surface area contributed by atoms with Crippen LogP contribution in [0.4, 0.5) is 4.39 Å². The summed E-state index contributed by atoms with van der Waals surface area (Å²) in [5.41, 5.74) is 2.05. The number of halogens is 2. The van der Waals surface area contributed by atoms with E-state index < -0.39 is 15.7 Å². The molecule has 2 rings (SSSR count). The number of methoxy groups -OCH3 is 1. The first kappa shape index (κ1) is 24.1. The molecule has 0 fully saturated rings. The molecule has 0 unspecified atom stereocenters. The molecule has 0 spiro atoms. The van der Waals surface area contributed by atoms with Gasteiger partial charge in [-0.2, -0.15) is 0 Å². The number of nitrogens with zero attached hydrogens (tertiary/aromatic N) is 2. The molecule has 0 bridgehead atoms. The molecule has 2 aromatic rings. The van der Waals surface area contributed by atoms with Gasteiger partial charge in [0.1, 0.15) is 5.82 Å². The number of guanidine groups is 1. The van der Waals surface area contributed by atoms with Gasteiger partial charge in [-0.15, -0.1) is 24.0 Å². The number of pyridine rings is 1. The largest absolute Gasteiger partial charge is 0.481 e. The Bertz CT molecular complexity index is 906. The average Bonchev–Trinajstić information content (AvgIpc) is 2.63. The van der Waals surface area contributed by atoms with Gasteiger partial charge in [0, 0.05) is 38.7 Å². The van der Waals surface area contributed by atoms with Gasteiger partial charge in [-0.3, -0.25) is 4.99 Å². The molecule has 0 atom stereocenters. The Morgan fingerprint density at radius 1 is 1.18 bits per heavy atom. The van der Waals surface area contributed by atoms with Crippen LogP contribution in [0.2, 0.25) is 0 Å². The lowest BCUT2D eigenvalue weighted by Gasteiger charge is -2.14. The molecule has 0 saturated carbocycles. The van der Waals surface area contributed by atoms with Crippen LogP contribution in [0, 0.1) is 5.82 Å². The second kappa shape index (κ2) is 11.1. The molecule has 1 aromatic heterocycles. The van der Waals surface area contributed by atoms with Gasteiger partial charge >= 0.3 is 0 Å². The highest BCUT2D eigenvalue weighted by molar-refractivity contribution is 14.0. The predicted octanol–water partition coefficient (Wildman–Crippen LogP) is 2.26. The van der Waals surface area contributed by atoms with E-state index in [9.17, 15) is 12.8 Å². The number of benzene rings is 1. The Morgan fingerprint density at radius 2 is 1.89 bits per heavy atom. The van der Waals surface area contributed by atoms with Crippen molar-refractivity contribution in [1.82, 2.24) is 15.6 Å². The van der Waals surface area contributed by atoms with Crippen LogP contribution in [-0.4, -0.2) is 39.8 Å². The highest BCUT2D eigenvalue weighted by atomic mass is 127. The monoisotopic (exact) mass is 522 g/mol. The van der Waals surface area contributed by atoms with Gasteiger partial charge in [-0.1, -0.05) is 12.1 Å². The molecule has 28 heavy (non-hydrogen) atoms. The molecule has 0 amide bonds. The number of aliphatic imine (C=N–C) groups is 1. The van der Waals surface area contributed by atoms with Crippen molar-refractivity contribution in [2.24, 2.45) is 4.99 Å². The topological polar surface area (TPSA) is 92.7 Å². The minimum atomic E-state index is -3.22. The van der Waals surface area contributed by atoms with Gasteiger partial charge < -0.3 is 15.4 Å². The SMILES string of the molecule is CN=C(NCc1ccc(OC)nc1)NCc1cc(F)ccc1CS(C)(=O)=O.I. The summed E-state index contributed by atoms with van der Waals surface area (Å²) >= 11 is 0. The van der Waals surface area contributed by atoms with Crippen LogP contribution in [0.3, 0.4) is 0 Å². The van der Waals surface area contributed by atoms with E-state index >= 15 is 0 Å². The number of hydrogen-bond donors (Lipinski definition) is 2. The zero-order valence-corrected chi connectivity index (χ0v) is 19.0. The average molecular weight is 522 g/mol. The Balaban J connectivity index is 0.00000392. The number of nitrogens with one attached hydrogen (secondary N) is 2. The summed E-state index contributed by atoms with van der Waals surface area (Å²) in [6, 6.07) is 7.72. The van der Waals surface area contributed by atoms with Crippen molar-refractivity contribution >= 4 is 39.8 Å². The molecule has 0 aliphatic carbocycles. The zero-order chi connectivity index (χ0) is 19.9. The smallest absolute Gasteiger partial charge is 0.212 e. The Kier molecular flexibility index (Phi) is 9.59.